The highest BCUT2D eigenvalue weighted by Gasteiger charge is 2.21. The molecule has 1 aromatic heterocycles. The number of carboxylic acids is 1. The Hall–Kier alpha value is -1.58. The molecule has 0 amide bonds. The average Bonchev–Trinajstić information content (AvgIpc) is 2.12. The number of carbonyl (C=O) groups is 1. The summed E-state index contributed by atoms with van der Waals surface area (Å²) in [6.45, 7) is 8.26. The van der Waals surface area contributed by atoms with E-state index in [-0.39, 0.29) is 17.9 Å². The molecule has 0 fully saturated rings. The van der Waals surface area contributed by atoms with E-state index in [1.54, 1.807) is 6.20 Å². The molecule has 0 aromatic carbocycles. The van der Waals surface area contributed by atoms with Gasteiger partial charge in [0.1, 0.15) is 0 Å². The molecule has 0 saturated carbocycles. The molecule has 2 N–H and O–H groups in total. The SMILES string of the molecule is Cc1cc(NC(CC(=O)O)CC(C)(C)C)ccn1. The Bertz CT molecular complexity index is 411. The van der Waals surface area contributed by atoms with E-state index in [0.29, 0.717) is 0 Å². The maximum Gasteiger partial charge on any atom is 0.305 e. The monoisotopic (exact) mass is 250 g/mol. The molecule has 1 atom stereocenters. The molecule has 1 rings (SSSR count). The Morgan fingerprint density at radius 1 is 1.50 bits per heavy atom. The summed E-state index contributed by atoms with van der Waals surface area (Å²) in [6, 6.07) is 3.73. The van der Waals surface area contributed by atoms with Crippen molar-refractivity contribution in [1.82, 2.24) is 4.98 Å². The molecule has 1 aromatic rings. The first-order valence-electron chi connectivity index (χ1n) is 6.17. The van der Waals surface area contributed by atoms with Gasteiger partial charge in [-0.15, -0.1) is 0 Å². The average molecular weight is 250 g/mol. The van der Waals surface area contributed by atoms with Gasteiger partial charge in [-0.05, 0) is 30.9 Å². The second kappa shape index (κ2) is 5.85. The maximum absolute atomic E-state index is 10.9. The number of aryl methyl sites for hydroxylation is 1. The van der Waals surface area contributed by atoms with Gasteiger partial charge in [0.15, 0.2) is 0 Å². The van der Waals surface area contributed by atoms with Crippen molar-refractivity contribution >= 4 is 11.7 Å². The van der Waals surface area contributed by atoms with Crippen molar-refractivity contribution in [3.05, 3.63) is 24.0 Å². The predicted octanol–water partition coefficient (Wildman–Crippen LogP) is 3.08. The molecule has 0 bridgehead atoms. The van der Waals surface area contributed by atoms with Gasteiger partial charge in [-0.2, -0.15) is 0 Å². The van der Waals surface area contributed by atoms with E-state index in [1.807, 2.05) is 19.1 Å². The van der Waals surface area contributed by atoms with Crippen molar-refractivity contribution in [1.29, 1.82) is 0 Å². The molecule has 0 spiro atoms. The number of hydrogen-bond acceptors (Lipinski definition) is 3. The van der Waals surface area contributed by atoms with Gasteiger partial charge in [0, 0.05) is 23.6 Å². The second-order valence-corrected chi connectivity index (χ2v) is 5.89. The minimum absolute atomic E-state index is 0.0655. The number of aromatic nitrogens is 1. The molecule has 0 saturated heterocycles. The summed E-state index contributed by atoms with van der Waals surface area (Å²) in [4.78, 5) is 15.0. The molecule has 4 heteroatoms. The Kier molecular flexibility index (Phi) is 4.70. The maximum atomic E-state index is 10.9. The summed E-state index contributed by atoms with van der Waals surface area (Å²) < 4.78 is 0. The topological polar surface area (TPSA) is 62.2 Å². The summed E-state index contributed by atoms with van der Waals surface area (Å²) in [5.74, 6) is -0.775. The van der Waals surface area contributed by atoms with Crippen LogP contribution in [0.1, 0.15) is 39.3 Å². The van der Waals surface area contributed by atoms with Gasteiger partial charge < -0.3 is 10.4 Å². The van der Waals surface area contributed by atoms with Crippen molar-refractivity contribution in [3.8, 4) is 0 Å². The van der Waals surface area contributed by atoms with E-state index in [0.717, 1.165) is 17.8 Å². The van der Waals surface area contributed by atoms with Crippen LogP contribution in [0.5, 0.6) is 0 Å². The predicted molar refractivity (Wildman–Crippen MR) is 72.7 cm³/mol. The Balaban J connectivity index is 2.74. The van der Waals surface area contributed by atoms with Crippen LogP contribution in [-0.2, 0) is 4.79 Å². The van der Waals surface area contributed by atoms with E-state index in [2.05, 4.69) is 31.1 Å². The molecule has 1 unspecified atom stereocenters. The fourth-order valence-electron chi connectivity index (χ4n) is 2.00. The molecule has 4 nitrogen and oxygen atoms in total. The Morgan fingerprint density at radius 3 is 2.67 bits per heavy atom. The Labute approximate surface area is 108 Å². The van der Waals surface area contributed by atoms with Crippen LogP contribution in [0.25, 0.3) is 0 Å². The van der Waals surface area contributed by atoms with E-state index < -0.39 is 5.97 Å². The Morgan fingerprint density at radius 2 is 2.17 bits per heavy atom. The van der Waals surface area contributed by atoms with Gasteiger partial charge in [-0.25, -0.2) is 0 Å². The highest BCUT2D eigenvalue weighted by molar-refractivity contribution is 5.68. The fourth-order valence-corrected chi connectivity index (χ4v) is 2.00. The highest BCUT2D eigenvalue weighted by Crippen LogP contribution is 2.24. The summed E-state index contributed by atoms with van der Waals surface area (Å²) in [5, 5.41) is 12.2. The number of nitrogens with zero attached hydrogens (tertiary/aromatic N) is 1. The molecule has 100 valence electrons. The zero-order chi connectivity index (χ0) is 13.8. The fraction of sp³-hybridized carbons (Fsp3) is 0.571. The van der Waals surface area contributed by atoms with Gasteiger partial charge in [-0.1, -0.05) is 20.8 Å². The number of anilines is 1. The molecule has 0 aliphatic heterocycles. The smallest absolute Gasteiger partial charge is 0.305 e. The van der Waals surface area contributed by atoms with Crippen LogP contribution in [-0.4, -0.2) is 22.1 Å². The molecule has 1 heterocycles. The molecule has 0 aliphatic carbocycles. The standard InChI is InChI=1S/C14H22N2O2/c1-10-7-11(5-6-15-10)16-12(8-13(17)18)9-14(2,3)4/h5-7,12H,8-9H2,1-4H3,(H,15,16)(H,17,18). The van der Waals surface area contributed by atoms with E-state index in [4.69, 9.17) is 5.11 Å². The summed E-state index contributed by atoms with van der Waals surface area (Å²) >= 11 is 0. The van der Waals surface area contributed by atoms with Gasteiger partial charge in [0.25, 0.3) is 0 Å². The van der Waals surface area contributed by atoms with Gasteiger partial charge in [0.2, 0.25) is 0 Å². The van der Waals surface area contributed by atoms with Gasteiger partial charge in [-0.3, -0.25) is 9.78 Å². The summed E-state index contributed by atoms with van der Waals surface area (Å²) in [6.07, 6.45) is 2.66. The largest absolute Gasteiger partial charge is 0.481 e. The normalized spacial score (nSPS) is 13.1. The molecular formula is C14H22N2O2. The summed E-state index contributed by atoms with van der Waals surface area (Å²) in [7, 11) is 0. The summed E-state index contributed by atoms with van der Waals surface area (Å²) in [5.41, 5.74) is 1.94. The van der Waals surface area contributed by atoms with Crippen molar-refractivity contribution in [2.24, 2.45) is 5.41 Å². The first kappa shape index (κ1) is 14.5. The van der Waals surface area contributed by atoms with Crippen molar-refractivity contribution in [2.75, 3.05) is 5.32 Å². The highest BCUT2D eigenvalue weighted by atomic mass is 16.4. The number of aliphatic carboxylic acids is 1. The zero-order valence-corrected chi connectivity index (χ0v) is 11.5. The second-order valence-electron chi connectivity index (χ2n) is 5.89. The van der Waals surface area contributed by atoms with Gasteiger partial charge in [0.05, 0.1) is 6.42 Å². The first-order valence-corrected chi connectivity index (χ1v) is 6.17. The quantitative estimate of drug-likeness (QED) is 0.843. The number of rotatable bonds is 5. The van der Waals surface area contributed by atoms with Crippen LogP contribution in [0.15, 0.2) is 18.3 Å². The van der Waals surface area contributed by atoms with E-state index in [1.165, 1.54) is 0 Å². The van der Waals surface area contributed by atoms with Crippen LogP contribution in [0.4, 0.5) is 5.69 Å². The third-order valence-corrected chi connectivity index (χ3v) is 2.55. The number of carboxylic acid groups (broad SMARTS) is 1. The van der Waals surface area contributed by atoms with E-state index >= 15 is 0 Å². The van der Waals surface area contributed by atoms with Crippen molar-refractivity contribution < 1.29 is 9.90 Å². The molecule has 0 aliphatic rings. The lowest BCUT2D eigenvalue weighted by Gasteiger charge is -2.26. The number of nitrogens with one attached hydrogen (secondary N) is 1. The van der Waals surface area contributed by atoms with Gasteiger partial charge >= 0.3 is 5.97 Å². The van der Waals surface area contributed by atoms with Crippen LogP contribution < -0.4 is 5.32 Å². The number of pyridine rings is 1. The number of hydrogen-bond donors (Lipinski definition) is 2. The third-order valence-electron chi connectivity index (χ3n) is 2.55. The molecule has 18 heavy (non-hydrogen) atoms. The third kappa shape index (κ3) is 5.66. The van der Waals surface area contributed by atoms with Crippen LogP contribution in [0.3, 0.4) is 0 Å². The van der Waals surface area contributed by atoms with Crippen LogP contribution in [0.2, 0.25) is 0 Å². The lowest BCUT2D eigenvalue weighted by atomic mass is 9.87. The lowest BCUT2D eigenvalue weighted by Crippen LogP contribution is -2.28. The first-order chi connectivity index (χ1) is 8.26. The minimum Gasteiger partial charge on any atom is -0.481 e. The van der Waals surface area contributed by atoms with Crippen molar-refractivity contribution in [2.45, 2.75) is 46.6 Å². The zero-order valence-electron chi connectivity index (χ0n) is 11.5. The minimum atomic E-state index is -0.775. The lowest BCUT2D eigenvalue weighted by molar-refractivity contribution is -0.137. The molecule has 0 radical (unpaired) electrons. The van der Waals surface area contributed by atoms with E-state index in [9.17, 15) is 4.79 Å². The van der Waals surface area contributed by atoms with Crippen LogP contribution in [0, 0.1) is 12.3 Å². The van der Waals surface area contributed by atoms with Crippen LogP contribution >= 0.6 is 0 Å². The van der Waals surface area contributed by atoms with Crippen molar-refractivity contribution in [3.63, 3.8) is 0 Å². The molecular weight excluding hydrogens is 228 g/mol.